The van der Waals surface area contributed by atoms with Crippen LogP contribution in [0.2, 0.25) is 0 Å². The molecule has 2 aliphatic rings. The Morgan fingerprint density at radius 2 is 1.83 bits per heavy atom. The number of nitrogens with zero attached hydrogens (tertiary/aromatic N) is 1. The SMILES string of the molecule is c1ccc(N[C@H]2CCCN(CC3CC3)CC2)cc1. The van der Waals surface area contributed by atoms with E-state index in [1.165, 1.54) is 57.4 Å². The number of anilines is 1. The number of hydrogen-bond acceptors (Lipinski definition) is 2. The third-order valence-electron chi connectivity index (χ3n) is 4.18. The fraction of sp³-hybridized carbons (Fsp3) is 0.625. The zero-order chi connectivity index (χ0) is 12.2. The fourth-order valence-electron chi connectivity index (χ4n) is 2.92. The Hall–Kier alpha value is -1.02. The molecule has 1 saturated carbocycles. The molecular weight excluding hydrogens is 220 g/mol. The lowest BCUT2D eigenvalue weighted by atomic mass is 10.1. The first kappa shape index (κ1) is 12.0. The zero-order valence-corrected chi connectivity index (χ0v) is 11.1. The molecule has 1 N–H and O–H groups in total. The van der Waals surface area contributed by atoms with E-state index in [4.69, 9.17) is 0 Å². The van der Waals surface area contributed by atoms with Crippen molar-refractivity contribution in [3.63, 3.8) is 0 Å². The molecule has 1 heterocycles. The minimum absolute atomic E-state index is 0.664. The van der Waals surface area contributed by atoms with E-state index in [0.29, 0.717) is 6.04 Å². The summed E-state index contributed by atoms with van der Waals surface area (Å²) in [5.74, 6) is 1.03. The number of benzene rings is 1. The first-order valence-electron chi connectivity index (χ1n) is 7.44. The van der Waals surface area contributed by atoms with Crippen LogP contribution in [0.4, 0.5) is 5.69 Å². The van der Waals surface area contributed by atoms with Gasteiger partial charge in [0.05, 0.1) is 0 Å². The molecule has 1 aromatic carbocycles. The molecule has 0 spiro atoms. The Labute approximate surface area is 110 Å². The van der Waals surface area contributed by atoms with Gasteiger partial charge in [-0.3, -0.25) is 0 Å². The minimum Gasteiger partial charge on any atom is -0.382 e. The predicted molar refractivity (Wildman–Crippen MR) is 76.9 cm³/mol. The molecular formula is C16H24N2. The van der Waals surface area contributed by atoms with Crippen molar-refractivity contribution >= 4 is 5.69 Å². The lowest BCUT2D eigenvalue weighted by molar-refractivity contribution is 0.273. The molecule has 0 radical (unpaired) electrons. The Bertz CT molecular complexity index is 359. The van der Waals surface area contributed by atoms with Crippen LogP contribution in [0.3, 0.4) is 0 Å². The molecule has 1 aliphatic heterocycles. The average Bonchev–Trinajstić information content (AvgIpc) is 3.21. The van der Waals surface area contributed by atoms with Gasteiger partial charge in [0.25, 0.3) is 0 Å². The van der Waals surface area contributed by atoms with Crippen LogP contribution in [-0.4, -0.2) is 30.6 Å². The van der Waals surface area contributed by atoms with Gasteiger partial charge in [0.1, 0.15) is 0 Å². The van der Waals surface area contributed by atoms with Gasteiger partial charge >= 0.3 is 0 Å². The van der Waals surface area contributed by atoms with Crippen LogP contribution in [0.15, 0.2) is 30.3 Å². The summed E-state index contributed by atoms with van der Waals surface area (Å²) >= 11 is 0. The minimum atomic E-state index is 0.664. The zero-order valence-electron chi connectivity index (χ0n) is 11.1. The van der Waals surface area contributed by atoms with Gasteiger partial charge in [0.15, 0.2) is 0 Å². The lowest BCUT2D eigenvalue weighted by Gasteiger charge is -2.20. The van der Waals surface area contributed by atoms with Crippen LogP contribution in [0.25, 0.3) is 0 Å². The van der Waals surface area contributed by atoms with E-state index in [0.717, 1.165) is 5.92 Å². The molecule has 0 aromatic heterocycles. The summed E-state index contributed by atoms with van der Waals surface area (Å²) in [5.41, 5.74) is 1.28. The third kappa shape index (κ3) is 3.49. The summed E-state index contributed by atoms with van der Waals surface area (Å²) < 4.78 is 0. The Morgan fingerprint density at radius 1 is 1.00 bits per heavy atom. The summed E-state index contributed by atoms with van der Waals surface area (Å²) in [6.45, 7) is 3.95. The Kier molecular flexibility index (Phi) is 3.84. The van der Waals surface area contributed by atoms with Crippen LogP contribution in [-0.2, 0) is 0 Å². The second-order valence-electron chi connectivity index (χ2n) is 5.88. The van der Waals surface area contributed by atoms with Gasteiger partial charge in [0, 0.05) is 24.8 Å². The van der Waals surface area contributed by atoms with Gasteiger partial charge in [-0.15, -0.1) is 0 Å². The highest BCUT2D eigenvalue weighted by Crippen LogP contribution is 2.30. The maximum atomic E-state index is 3.68. The number of hydrogen-bond donors (Lipinski definition) is 1. The smallest absolute Gasteiger partial charge is 0.0342 e. The van der Waals surface area contributed by atoms with Crippen LogP contribution >= 0.6 is 0 Å². The van der Waals surface area contributed by atoms with Gasteiger partial charge < -0.3 is 10.2 Å². The Balaban J connectivity index is 1.49. The molecule has 2 fully saturated rings. The van der Waals surface area contributed by atoms with Crippen LogP contribution in [0, 0.1) is 5.92 Å². The highest BCUT2D eigenvalue weighted by atomic mass is 15.1. The fourth-order valence-corrected chi connectivity index (χ4v) is 2.92. The number of nitrogens with one attached hydrogen (secondary N) is 1. The Morgan fingerprint density at radius 3 is 2.61 bits per heavy atom. The predicted octanol–water partition coefficient (Wildman–Crippen LogP) is 3.36. The molecule has 1 saturated heterocycles. The largest absolute Gasteiger partial charge is 0.382 e. The number of para-hydroxylation sites is 1. The van der Waals surface area contributed by atoms with E-state index in [2.05, 4.69) is 40.5 Å². The topological polar surface area (TPSA) is 15.3 Å². The van der Waals surface area contributed by atoms with Crippen molar-refractivity contribution in [3.05, 3.63) is 30.3 Å². The molecule has 18 heavy (non-hydrogen) atoms. The van der Waals surface area contributed by atoms with Crippen molar-refractivity contribution in [2.24, 2.45) is 5.92 Å². The molecule has 0 bridgehead atoms. The standard InChI is InChI=1S/C16H24N2/c1-2-5-15(6-3-1)17-16-7-4-11-18(12-10-16)13-14-8-9-14/h1-3,5-6,14,16-17H,4,7-13H2/t16-/m0/s1. The van der Waals surface area contributed by atoms with Gasteiger partial charge in [-0.05, 0) is 56.7 Å². The highest BCUT2D eigenvalue weighted by molar-refractivity contribution is 5.43. The van der Waals surface area contributed by atoms with Gasteiger partial charge in [-0.2, -0.15) is 0 Å². The number of rotatable bonds is 4. The molecule has 0 unspecified atom stereocenters. The van der Waals surface area contributed by atoms with Crippen LogP contribution in [0.5, 0.6) is 0 Å². The maximum absolute atomic E-state index is 3.68. The van der Waals surface area contributed by atoms with Gasteiger partial charge in [0.2, 0.25) is 0 Å². The third-order valence-corrected chi connectivity index (χ3v) is 4.18. The van der Waals surface area contributed by atoms with Crippen molar-refractivity contribution < 1.29 is 0 Å². The quantitative estimate of drug-likeness (QED) is 0.873. The van der Waals surface area contributed by atoms with Crippen LogP contribution in [0.1, 0.15) is 32.1 Å². The summed E-state index contributed by atoms with van der Waals surface area (Å²) in [4.78, 5) is 2.68. The summed E-state index contributed by atoms with van der Waals surface area (Å²) in [6, 6.07) is 11.3. The molecule has 1 aliphatic carbocycles. The van der Waals surface area contributed by atoms with Crippen molar-refractivity contribution in [2.75, 3.05) is 25.0 Å². The summed E-state index contributed by atoms with van der Waals surface area (Å²) in [6.07, 6.45) is 6.90. The maximum Gasteiger partial charge on any atom is 0.0342 e. The van der Waals surface area contributed by atoms with E-state index in [-0.39, 0.29) is 0 Å². The van der Waals surface area contributed by atoms with E-state index in [1.54, 1.807) is 0 Å². The molecule has 1 aromatic rings. The molecule has 0 amide bonds. The molecule has 1 atom stereocenters. The van der Waals surface area contributed by atoms with Crippen molar-refractivity contribution in [3.8, 4) is 0 Å². The normalized spacial score (nSPS) is 25.7. The highest BCUT2D eigenvalue weighted by Gasteiger charge is 2.25. The van der Waals surface area contributed by atoms with E-state index >= 15 is 0 Å². The first-order chi connectivity index (χ1) is 8.90. The van der Waals surface area contributed by atoms with E-state index < -0.39 is 0 Å². The van der Waals surface area contributed by atoms with Gasteiger partial charge in [-0.1, -0.05) is 18.2 Å². The van der Waals surface area contributed by atoms with Crippen molar-refractivity contribution in [1.29, 1.82) is 0 Å². The van der Waals surface area contributed by atoms with Crippen molar-refractivity contribution in [2.45, 2.75) is 38.1 Å². The molecule has 2 heteroatoms. The van der Waals surface area contributed by atoms with E-state index in [9.17, 15) is 0 Å². The van der Waals surface area contributed by atoms with Crippen molar-refractivity contribution in [1.82, 2.24) is 4.90 Å². The van der Waals surface area contributed by atoms with Gasteiger partial charge in [-0.25, -0.2) is 0 Å². The lowest BCUT2D eigenvalue weighted by Crippen LogP contribution is -2.28. The monoisotopic (exact) mass is 244 g/mol. The second-order valence-corrected chi connectivity index (χ2v) is 5.88. The average molecular weight is 244 g/mol. The van der Waals surface area contributed by atoms with Crippen LogP contribution < -0.4 is 5.32 Å². The summed E-state index contributed by atoms with van der Waals surface area (Å²) in [7, 11) is 0. The first-order valence-corrected chi connectivity index (χ1v) is 7.44. The number of likely N-dealkylation sites (tertiary alicyclic amines) is 1. The molecule has 3 rings (SSSR count). The molecule has 98 valence electrons. The summed E-state index contributed by atoms with van der Waals surface area (Å²) in [5, 5.41) is 3.68. The second kappa shape index (κ2) is 5.75. The van der Waals surface area contributed by atoms with E-state index in [1.807, 2.05) is 0 Å². The molecule has 2 nitrogen and oxygen atoms in total.